The van der Waals surface area contributed by atoms with Gasteiger partial charge in [0, 0.05) is 10.0 Å². The highest BCUT2D eigenvalue weighted by molar-refractivity contribution is 9.10. The van der Waals surface area contributed by atoms with Gasteiger partial charge in [-0.1, -0.05) is 25.5 Å². The molecule has 2 aromatic rings. The van der Waals surface area contributed by atoms with Crippen molar-refractivity contribution in [2.24, 2.45) is 0 Å². The summed E-state index contributed by atoms with van der Waals surface area (Å²) < 4.78 is 6.54. The summed E-state index contributed by atoms with van der Waals surface area (Å²) in [6.45, 7) is 3.71. The third-order valence-corrected chi connectivity index (χ3v) is 3.67. The zero-order valence-electron chi connectivity index (χ0n) is 11.7. The number of halogens is 1. The SMILES string of the molecule is CCCc1ccc(Oc2ccc(C(C)=O)c(Br)c2)cc1. The average molecular weight is 333 g/mol. The number of hydrogen-bond acceptors (Lipinski definition) is 2. The van der Waals surface area contributed by atoms with Gasteiger partial charge in [0.2, 0.25) is 0 Å². The van der Waals surface area contributed by atoms with Crippen molar-refractivity contribution in [2.75, 3.05) is 0 Å². The molecular formula is C17H17BrO2. The van der Waals surface area contributed by atoms with Gasteiger partial charge in [0.15, 0.2) is 5.78 Å². The predicted molar refractivity (Wildman–Crippen MR) is 84.7 cm³/mol. The van der Waals surface area contributed by atoms with E-state index in [0.717, 1.165) is 23.1 Å². The van der Waals surface area contributed by atoms with Crippen LogP contribution in [-0.2, 0) is 6.42 Å². The third kappa shape index (κ3) is 3.70. The molecule has 0 bridgehead atoms. The quantitative estimate of drug-likeness (QED) is 0.685. The van der Waals surface area contributed by atoms with Crippen LogP contribution in [0.15, 0.2) is 46.9 Å². The monoisotopic (exact) mass is 332 g/mol. The van der Waals surface area contributed by atoms with Crippen LogP contribution in [0.2, 0.25) is 0 Å². The first kappa shape index (κ1) is 14.8. The summed E-state index contributed by atoms with van der Waals surface area (Å²) in [4.78, 5) is 11.4. The summed E-state index contributed by atoms with van der Waals surface area (Å²) in [6.07, 6.45) is 2.22. The molecule has 2 rings (SSSR count). The maximum atomic E-state index is 11.4. The van der Waals surface area contributed by atoms with Gasteiger partial charge in [-0.3, -0.25) is 4.79 Å². The van der Waals surface area contributed by atoms with Crippen LogP contribution in [0, 0.1) is 0 Å². The number of aryl methyl sites for hydroxylation is 1. The van der Waals surface area contributed by atoms with E-state index >= 15 is 0 Å². The third-order valence-electron chi connectivity index (χ3n) is 3.02. The van der Waals surface area contributed by atoms with Crippen LogP contribution >= 0.6 is 15.9 Å². The van der Waals surface area contributed by atoms with Crippen LogP contribution in [-0.4, -0.2) is 5.78 Å². The summed E-state index contributed by atoms with van der Waals surface area (Å²) >= 11 is 3.39. The molecule has 0 heterocycles. The molecule has 0 aliphatic carbocycles. The maximum Gasteiger partial charge on any atom is 0.160 e. The Kier molecular flexibility index (Phi) is 4.96. The molecule has 0 saturated heterocycles. The molecule has 0 radical (unpaired) electrons. The lowest BCUT2D eigenvalue weighted by Gasteiger charge is -2.08. The fourth-order valence-electron chi connectivity index (χ4n) is 1.99. The largest absolute Gasteiger partial charge is 0.457 e. The Balaban J connectivity index is 2.13. The standard InChI is InChI=1S/C17H17BrO2/c1-3-4-13-5-7-14(8-6-13)20-15-9-10-16(12(2)19)17(18)11-15/h5-11H,3-4H2,1-2H3. The van der Waals surface area contributed by atoms with Crippen LogP contribution in [0.25, 0.3) is 0 Å². The van der Waals surface area contributed by atoms with Crippen molar-refractivity contribution in [1.82, 2.24) is 0 Å². The number of ketones is 1. The maximum absolute atomic E-state index is 11.4. The molecule has 0 aromatic heterocycles. The van der Waals surface area contributed by atoms with Crippen molar-refractivity contribution < 1.29 is 9.53 Å². The van der Waals surface area contributed by atoms with Gasteiger partial charge in [-0.15, -0.1) is 0 Å². The second-order valence-electron chi connectivity index (χ2n) is 4.69. The normalized spacial score (nSPS) is 10.3. The number of benzene rings is 2. The molecule has 0 saturated carbocycles. The second kappa shape index (κ2) is 6.71. The predicted octanol–water partition coefficient (Wildman–Crippen LogP) is 5.40. The first-order valence-corrected chi connectivity index (χ1v) is 7.46. The van der Waals surface area contributed by atoms with Crippen molar-refractivity contribution in [3.63, 3.8) is 0 Å². The van der Waals surface area contributed by atoms with E-state index in [-0.39, 0.29) is 5.78 Å². The molecule has 0 atom stereocenters. The molecular weight excluding hydrogens is 316 g/mol. The lowest BCUT2D eigenvalue weighted by atomic mass is 10.1. The van der Waals surface area contributed by atoms with E-state index in [2.05, 4.69) is 35.0 Å². The van der Waals surface area contributed by atoms with Crippen LogP contribution < -0.4 is 4.74 Å². The second-order valence-corrected chi connectivity index (χ2v) is 5.55. The number of carbonyl (C=O) groups excluding carboxylic acids is 1. The summed E-state index contributed by atoms with van der Waals surface area (Å²) in [7, 11) is 0. The Morgan fingerprint density at radius 2 is 1.75 bits per heavy atom. The van der Waals surface area contributed by atoms with Crippen LogP contribution in [0.1, 0.15) is 36.2 Å². The molecule has 104 valence electrons. The molecule has 0 aliphatic heterocycles. The lowest BCUT2D eigenvalue weighted by molar-refractivity contribution is 0.101. The van der Waals surface area contributed by atoms with Crippen molar-refractivity contribution in [3.05, 3.63) is 58.1 Å². The fraction of sp³-hybridized carbons (Fsp3) is 0.235. The number of Topliss-reactive ketones (excluding diaryl/α,β-unsaturated/α-hetero) is 1. The molecule has 20 heavy (non-hydrogen) atoms. The number of rotatable bonds is 5. The van der Waals surface area contributed by atoms with E-state index in [1.165, 1.54) is 5.56 Å². The number of hydrogen-bond donors (Lipinski definition) is 0. The fourth-order valence-corrected chi connectivity index (χ4v) is 2.63. The van der Waals surface area contributed by atoms with Crippen LogP contribution in [0.3, 0.4) is 0 Å². The topological polar surface area (TPSA) is 26.3 Å². The molecule has 3 heteroatoms. The Bertz CT molecular complexity index is 603. The Morgan fingerprint density at radius 3 is 2.30 bits per heavy atom. The summed E-state index contributed by atoms with van der Waals surface area (Å²) in [5.74, 6) is 1.55. The molecule has 0 aliphatic rings. The summed E-state index contributed by atoms with van der Waals surface area (Å²) in [6, 6.07) is 13.5. The van der Waals surface area contributed by atoms with E-state index < -0.39 is 0 Å². The van der Waals surface area contributed by atoms with Gasteiger partial charge in [0.25, 0.3) is 0 Å². The van der Waals surface area contributed by atoms with E-state index in [1.807, 2.05) is 18.2 Å². The smallest absolute Gasteiger partial charge is 0.160 e. The van der Waals surface area contributed by atoms with E-state index in [9.17, 15) is 4.79 Å². The first-order valence-electron chi connectivity index (χ1n) is 6.67. The average Bonchev–Trinajstić information content (AvgIpc) is 2.41. The van der Waals surface area contributed by atoms with Gasteiger partial charge in [0.1, 0.15) is 11.5 Å². The molecule has 2 nitrogen and oxygen atoms in total. The molecule has 0 unspecified atom stereocenters. The zero-order valence-corrected chi connectivity index (χ0v) is 13.2. The van der Waals surface area contributed by atoms with E-state index in [0.29, 0.717) is 11.3 Å². The molecule has 0 spiro atoms. The Morgan fingerprint density at radius 1 is 1.10 bits per heavy atom. The highest BCUT2D eigenvalue weighted by Crippen LogP contribution is 2.27. The highest BCUT2D eigenvalue weighted by atomic mass is 79.9. The van der Waals surface area contributed by atoms with Gasteiger partial charge in [0.05, 0.1) is 0 Å². The van der Waals surface area contributed by atoms with Crippen molar-refractivity contribution in [2.45, 2.75) is 26.7 Å². The minimum Gasteiger partial charge on any atom is -0.457 e. The lowest BCUT2D eigenvalue weighted by Crippen LogP contribution is -1.94. The van der Waals surface area contributed by atoms with Gasteiger partial charge in [-0.05, 0) is 65.2 Å². The highest BCUT2D eigenvalue weighted by Gasteiger charge is 2.07. The Hall–Kier alpha value is -1.61. The minimum absolute atomic E-state index is 0.0346. The van der Waals surface area contributed by atoms with E-state index in [1.54, 1.807) is 19.1 Å². The summed E-state index contributed by atoms with van der Waals surface area (Å²) in [5.41, 5.74) is 1.98. The summed E-state index contributed by atoms with van der Waals surface area (Å²) in [5, 5.41) is 0. The number of carbonyl (C=O) groups is 1. The van der Waals surface area contributed by atoms with Gasteiger partial charge < -0.3 is 4.74 Å². The minimum atomic E-state index is 0.0346. The molecule has 0 amide bonds. The van der Waals surface area contributed by atoms with Gasteiger partial charge in [-0.25, -0.2) is 0 Å². The molecule has 0 fully saturated rings. The van der Waals surface area contributed by atoms with Crippen molar-refractivity contribution >= 4 is 21.7 Å². The first-order chi connectivity index (χ1) is 9.60. The number of ether oxygens (including phenoxy) is 1. The van der Waals surface area contributed by atoms with Crippen molar-refractivity contribution in [1.29, 1.82) is 0 Å². The Labute approximate surface area is 127 Å². The van der Waals surface area contributed by atoms with Gasteiger partial charge >= 0.3 is 0 Å². The van der Waals surface area contributed by atoms with Crippen LogP contribution in [0.4, 0.5) is 0 Å². The van der Waals surface area contributed by atoms with Gasteiger partial charge in [-0.2, -0.15) is 0 Å². The van der Waals surface area contributed by atoms with E-state index in [4.69, 9.17) is 4.74 Å². The zero-order chi connectivity index (χ0) is 14.5. The molecule has 0 N–H and O–H groups in total. The molecule has 2 aromatic carbocycles. The van der Waals surface area contributed by atoms with Crippen molar-refractivity contribution in [3.8, 4) is 11.5 Å². The van der Waals surface area contributed by atoms with Crippen LogP contribution in [0.5, 0.6) is 11.5 Å².